The van der Waals surface area contributed by atoms with Gasteiger partial charge in [0.25, 0.3) is 0 Å². The SMILES string of the molecule is CC1(C)C2CC3=CC4(C2)C1CC4(O)C3. The van der Waals surface area contributed by atoms with Crippen LogP contribution in [0.3, 0.4) is 0 Å². The van der Waals surface area contributed by atoms with Crippen molar-refractivity contribution in [2.75, 3.05) is 0 Å². The van der Waals surface area contributed by atoms with Crippen LogP contribution in [0.2, 0.25) is 0 Å². The van der Waals surface area contributed by atoms with Gasteiger partial charge in [-0.25, -0.2) is 0 Å². The van der Waals surface area contributed by atoms with Crippen molar-refractivity contribution in [1.82, 2.24) is 0 Å². The lowest BCUT2D eigenvalue weighted by atomic mass is 9.49. The molecule has 4 rings (SSSR count). The van der Waals surface area contributed by atoms with Crippen LogP contribution in [0, 0.1) is 22.7 Å². The first-order valence-electron chi connectivity index (χ1n) is 5.91. The minimum Gasteiger partial charge on any atom is -0.389 e. The molecule has 3 bridgehead atoms. The molecule has 14 heavy (non-hydrogen) atoms. The maximum Gasteiger partial charge on any atom is 0.0781 e. The summed E-state index contributed by atoms with van der Waals surface area (Å²) in [6, 6.07) is 0. The second-order valence-corrected chi connectivity index (χ2v) is 6.73. The Bertz CT molecular complexity index is 367. The van der Waals surface area contributed by atoms with Gasteiger partial charge in [0.2, 0.25) is 0 Å². The van der Waals surface area contributed by atoms with Crippen LogP contribution in [-0.4, -0.2) is 10.7 Å². The molecule has 4 unspecified atom stereocenters. The number of rotatable bonds is 0. The fourth-order valence-electron chi connectivity index (χ4n) is 5.22. The maximum atomic E-state index is 10.6. The fourth-order valence-corrected chi connectivity index (χ4v) is 5.22. The van der Waals surface area contributed by atoms with E-state index in [9.17, 15) is 5.11 Å². The molecular weight excluding hydrogens is 172 g/mol. The molecule has 0 saturated heterocycles. The molecule has 1 heteroatoms. The highest BCUT2D eigenvalue weighted by Gasteiger charge is 2.76. The summed E-state index contributed by atoms with van der Waals surface area (Å²) in [5.74, 6) is 1.62. The van der Waals surface area contributed by atoms with Gasteiger partial charge in [0.15, 0.2) is 0 Å². The molecule has 0 aliphatic heterocycles. The van der Waals surface area contributed by atoms with Crippen LogP contribution in [0.4, 0.5) is 0 Å². The lowest BCUT2D eigenvalue weighted by Gasteiger charge is -2.58. The largest absolute Gasteiger partial charge is 0.389 e. The van der Waals surface area contributed by atoms with Crippen molar-refractivity contribution >= 4 is 0 Å². The predicted molar refractivity (Wildman–Crippen MR) is 54.7 cm³/mol. The first kappa shape index (κ1) is 7.92. The molecule has 2 fully saturated rings. The average molecular weight is 190 g/mol. The van der Waals surface area contributed by atoms with E-state index in [0.29, 0.717) is 5.41 Å². The lowest BCUT2D eigenvalue weighted by molar-refractivity contribution is -0.181. The Morgan fingerprint density at radius 2 is 2.14 bits per heavy atom. The Morgan fingerprint density at radius 3 is 2.93 bits per heavy atom. The van der Waals surface area contributed by atoms with E-state index >= 15 is 0 Å². The van der Waals surface area contributed by atoms with Gasteiger partial charge in [-0.3, -0.25) is 0 Å². The van der Waals surface area contributed by atoms with Crippen LogP contribution in [0.1, 0.15) is 39.5 Å². The second-order valence-electron chi connectivity index (χ2n) is 6.73. The Morgan fingerprint density at radius 1 is 1.36 bits per heavy atom. The van der Waals surface area contributed by atoms with E-state index in [4.69, 9.17) is 0 Å². The van der Waals surface area contributed by atoms with Crippen molar-refractivity contribution in [2.45, 2.75) is 45.1 Å². The molecule has 4 atom stereocenters. The smallest absolute Gasteiger partial charge is 0.0781 e. The third-order valence-corrected chi connectivity index (χ3v) is 6.05. The summed E-state index contributed by atoms with van der Waals surface area (Å²) in [6.45, 7) is 4.84. The number of hydrogen-bond acceptors (Lipinski definition) is 1. The zero-order valence-corrected chi connectivity index (χ0v) is 9.01. The molecule has 0 aromatic carbocycles. The zero-order chi connectivity index (χ0) is 9.77. The summed E-state index contributed by atoms with van der Waals surface area (Å²) >= 11 is 0. The molecule has 4 aliphatic carbocycles. The van der Waals surface area contributed by atoms with Crippen LogP contribution < -0.4 is 0 Å². The molecule has 1 N–H and O–H groups in total. The quantitative estimate of drug-likeness (QED) is 0.582. The second kappa shape index (κ2) is 1.73. The molecule has 0 radical (unpaired) electrons. The number of aliphatic hydroxyl groups is 1. The van der Waals surface area contributed by atoms with Gasteiger partial charge in [0, 0.05) is 5.41 Å². The molecule has 0 amide bonds. The molecule has 0 aromatic heterocycles. The standard InChI is InChI=1S/C13H18O/c1-11(2)9-3-8-4-12(6-9)10(11)7-13(12,14)5-8/h4,9-10,14H,3,5-7H2,1-2H3. The Kier molecular flexibility index (Phi) is 0.979. The molecule has 1 nitrogen and oxygen atoms in total. The van der Waals surface area contributed by atoms with Gasteiger partial charge in [-0.1, -0.05) is 25.5 Å². The molecule has 0 heterocycles. The maximum absolute atomic E-state index is 10.6. The highest BCUT2D eigenvalue weighted by Crippen LogP contribution is 2.79. The van der Waals surface area contributed by atoms with Gasteiger partial charge in [0.05, 0.1) is 5.60 Å². The van der Waals surface area contributed by atoms with Crippen LogP contribution in [0.5, 0.6) is 0 Å². The molecule has 0 aromatic rings. The summed E-state index contributed by atoms with van der Waals surface area (Å²) in [6.07, 6.45) is 7.07. The van der Waals surface area contributed by atoms with Crippen LogP contribution >= 0.6 is 0 Å². The molecule has 76 valence electrons. The summed E-state index contributed by atoms with van der Waals surface area (Å²) in [5, 5.41) is 10.6. The molecule has 2 saturated carbocycles. The third-order valence-electron chi connectivity index (χ3n) is 6.05. The zero-order valence-electron chi connectivity index (χ0n) is 9.01. The number of hydrogen-bond donors (Lipinski definition) is 1. The average Bonchev–Trinajstić information content (AvgIpc) is 2.32. The van der Waals surface area contributed by atoms with Gasteiger partial charge >= 0.3 is 0 Å². The van der Waals surface area contributed by atoms with Crippen molar-refractivity contribution in [2.24, 2.45) is 22.7 Å². The molecule has 4 aliphatic rings. The highest BCUT2D eigenvalue weighted by atomic mass is 16.3. The lowest BCUT2D eigenvalue weighted by Crippen LogP contribution is -2.60. The van der Waals surface area contributed by atoms with Crippen molar-refractivity contribution in [1.29, 1.82) is 0 Å². The van der Waals surface area contributed by atoms with E-state index in [1.165, 1.54) is 12.8 Å². The summed E-state index contributed by atoms with van der Waals surface area (Å²) in [4.78, 5) is 0. The summed E-state index contributed by atoms with van der Waals surface area (Å²) in [7, 11) is 0. The van der Waals surface area contributed by atoms with Crippen molar-refractivity contribution in [3.05, 3.63) is 11.6 Å². The van der Waals surface area contributed by atoms with Crippen molar-refractivity contribution in [3.63, 3.8) is 0 Å². The number of fused-ring (bicyclic) bond motifs is 1. The van der Waals surface area contributed by atoms with E-state index in [1.807, 2.05) is 0 Å². The third kappa shape index (κ3) is 0.521. The van der Waals surface area contributed by atoms with Crippen LogP contribution in [0.25, 0.3) is 0 Å². The highest BCUT2D eigenvalue weighted by molar-refractivity contribution is 5.41. The Hall–Kier alpha value is -0.300. The van der Waals surface area contributed by atoms with E-state index in [-0.39, 0.29) is 11.0 Å². The van der Waals surface area contributed by atoms with Crippen molar-refractivity contribution in [3.8, 4) is 0 Å². The molecule has 1 spiro atoms. The monoisotopic (exact) mass is 190 g/mol. The first-order valence-corrected chi connectivity index (χ1v) is 5.91. The van der Waals surface area contributed by atoms with Gasteiger partial charge in [-0.2, -0.15) is 0 Å². The van der Waals surface area contributed by atoms with Gasteiger partial charge in [0.1, 0.15) is 0 Å². The van der Waals surface area contributed by atoms with E-state index in [1.54, 1.807) is 5.57 Å². The van der Waals surface area contributed by atoms with Crippen molar-refractivity contribution < 1.29 is 5.11 Å². The van der Waals surface area contributed by atoms with Crippen LogP contribution in [-0.2, 0) is 0 Å². The predicted octanol–water partition coefficient (Wildman–Crippen LogP) is 2.50. The Labute approximate surface area is 85.2 Å². The van der Waals surface area contributed by atoms with Gasteiger partial charge in [-0.15, -0.1) is 0 Å². The fraction of sp³-hybridized carbons (Fsp3) is 0.846. The van der Waals surface area contributed by atoms with Gasteiger partial charge < -0.3 is 5.11 Å². The van der Waals surface area contributed by atoms with Crippen LogP contribution in [0.15, 0.2) is 11.6 Å². The molecular formula is C13H18O. The minimum absolute atomic E-state index is 0.231. The van der Waals surface area contributed by atoms with E-state index in [0.717, 1.165) is 24.7 Å². The van der Waals surface area contributed by atoms with E-state index in [2.05, 4.69) is 19.9 Å². The first-order chi connectivity index (χ1) is 6.48. The topological polar surface area (TPSA) is 20.2 Å². The Balaban J connectivity index is 1.95. The van der Waals surface area contributed by atoms with Gasteiger partial charge in [-0.05, 0) is 42.9 Å². The normalized spacial score (nSPS) is 60.9. The minimum atomic E-state index is -0.310. The van der Waals surface area contributed by atoms with E-state index < -0.39 is 0 Å². The summed E-state index contributed by atoms with van der Waals surface area (Å²) in [5.41, 5.74) is 1.96. The summed E-state index contributed by atoms with van der Waals surface area (Å²) < 4.78 is 0.